The zero-order valence-electron chi connectivity index (χ0n) is 14.7. The van der Waals surface area contributed by atoms with E-state index in [2.05, 4.69) is 11.0 Å². The Morgan fingerprint density at radius 2 is 2.04 bits per heavy atom. The van der Waals surface area contributed by atoms with Crippen LogP contribution in [0.5, 0.6) is 5.75 Å². The van der Waals surface area contributed by atoms with Crippen LogP contribution in [0.2, 0.25) is 0 Å². The number of aliphatic hydroxyl groups is 1. The SMILES string of the molecule is OC(c1ccc2c(c1)CN(Cc1ccoc1)CCO2)C1CCCCC1. The first-order chi connectivity index (χ1) is 12.3. The molecule has 4 heteroatoms. The molecule has 2 aliphatic rings. The van der Waals surface area contributed by atoms with Gasteiger partial charge in [-0.15, -0.1) is 0 Å². The number of furan rings is 1. The van der Waals surface area contributed by atoms with Crippen LogP contribution < -0.4 is 4.74 Å². The molecule has 0 saturated heterocycles. The van der Waals surface area contributed by atoms with Crippen molar-refractivity contribution in [2.45, 2.75) is 51.3 Å². The monoisotopic (exact) mass is 341 g/mol. The number of fused-ring (bicyclic) bond motifs is 1. The maximum atomic E-state index is 10.8. The quantitative estimate of drug-likeness (QED) is 0.901. The lowest BCUT2D eigenvalue weighted by molar-refractivity contribution is 0.0847. The summed E-state index contributed by atoms with van der Waals surface area (Å²) < 4.78 is 11.1. The van der Waals surface area contributed by atoms with Crippen LogP contribution in [0.3, 0.4) is 0 Å². The van der Waals surface area contributed by atoms with Crippen LogP contribution in [0.1, 0.15) is 54.9 Å². The summed E-state index contributed by atoms with van der Waals surface area (Å²) in [6, 6.07) is 8.25. The molecular formula is C21H27NO3. The van der Waals surface area contributed by atoms with Crippen molar-refractivity contribution in [2.24, 2.45) is 5.92 Å². The van der Waals surface area contributed by atoms with Gasteiger partial charge in [-0.2, -0.15) is 0 Å². The van der Waals surface area contributed by atoms with Crippen LogP contribution in [0.4, 0.5) is 0 Å². The second-order valence-corrected chi connectivity index (χ2v) is 7.40. The molecule has 2 aromatic rings. The molecule has 0 spiro atoms. The highest BCUT2D eigenvalue weighted by Gasteiger charge is 2.24. The van der Waals surface area contributed by atoms with Crippen molar-refractivity contribution < 1.29 is 14.3 Å². The summed E-state index contributed by atoms with van der Waals surface area (Å²) in [6.07, 6.45) is 9.25. The number of aliphatic hydroxyl groups excluding tert-OH is 1. The largest absolute Gasteiger partial charge is 0.492 e. The van der Waals surface area contributed by atoms with E-state index in [1.807, 2.05) is 18.2 Å². The number of ether oxygens (including phenoxy) is 1. The third kappa shape index (κ3) is 3.91. The standard InChI is InChI=1S/C21H27NO3/c23-21(17-4-2-1-3-5-17)18-6-7-20-19(12-18)14-22(9-11-25-20)13-16-8-10-24-15-16/h6-8,10,12,15,17,21,23H,1-5,9,11,13-14H2. The minimum Gasteiger partial charge on any atom is -0.492 e. The summed E-state index contributed by atoms with van der Waals surface area (Å²) in [4.78, 5) is 2.37. The van der Waals surface area contributed by atoms with Gasteiger partial charge in [0.2, 0.25) is 0 Å². The summed E-state index contributed by atoms with van der Waals surface area (Å²) in [5.74, 6) is 1.36. The minimum absolute atomic E-state index is 0.351. The van der Waals surface area contributed by atoms with Gasteiger partial charge in [0.1, 0.15) is 12.4 Å². The molecule has 1 aliphatic heterocycles. The van der Waals surface area contributed by atoms with Crippen LogP contribution in [-0.4, -0.2) is 23.2 Å². The van der Waals surface area contributed by atoms with E-state index in [1.165, 1.54) is 30.4 Å². The summed E-state index contributed by atoms with van der Waals surface area (Å²) in [5.41, 5.74) is 3.40. The highest BCUT2D eigenvalue weighted by Crippen LogP contribution is 2.36. The van der Waals surface area contributed by atoms with Gasteiger partial charge in [0.15, 0.2) is 0 Å². The molecule has 1 aromatic heterocycles. The van der Waals surface area contributed by atoms with Crippen molar-refractivity contribution in [1.29, 1.82) is 0 Å². The van der Waals surface area contributed by atoms with Gasteiger partial charge in [-0.25, -0.2) is 0 Å². The number of hydrogen-bond acceptors (Lipinski definition) is 4. The Bertz CT molecular complexity index is 676. The molecule has 1 N–H and O–H groups in total. The molecule has 4 rings (SSSR count). The Morgan fingerprint density at radius 1 is 1.16 bits per heavy atom. The molecule has 4 nitrogen and oxygen atoms in total. The highest BCUT2D eigenvalue weighted by atomic mass is 16.5. The van der Waals surface area contributed by atoms with Crippen molar-refractivity contribution in [3.8, 4) is 5.75 Å². The van der Waals surface area contributed by atoms with Crippen molar-refractivity contribution in [3.63, 3.8) is 0 Å². The van der Waals surface area contributed by atoms with Crippen molar-refractivity contribution in [2.75, 3.05) is 13.2 Å². The lowest BCUT2D eigenvalue weighted by Crippen LogP contribution is -2.25. The molecule has 0 bridgehead atoms. The molecular weight excluding hydrogens is 314 g/mol. The van der Waals surface area contributed by atoms with Gasteiger partial charge < -0.3 is 14.3 Å². The van der Waals surface area contributed by atoms with E-state index in [0.717, 1.165) is 43.8 Å². The first kappa shape index (κ1) is 16.7. The van der Waals surface area contributed by atoms with E-state index in [4.69, 9.17) is 9.15 Å². The van der Waals surface area contributed by atoms with Crippen LogP contribution in [0.25, 0.3) is 0 Å². The lowest BCUT2D eigenvalue weighted by Gasteiger charge is -2.27. The van der Waals surface area contributed by atoms with Crippen molar-refractivity contribution >= 4 is 0 Å². The molecule has 1 atom stereocenters. The zero-order valence-corrected chi connectivity index (χ0v) is 14.7. The summed E-state index contributed by atoms with van der Waals surface area (Å²) >= 11 is 0. The van der Waals surface area contributed by atoms with Crippen LogP contribution in [-0.2, 0) is 13.1 Å². The number of nitrogens with zero attached hydrogens (tertiary/aromatic N) is 1. The zero-order chi connectivity index (χ0) is 17.1. The van der Waals surface area contributed by atoms with E-state index >= 15 is 0 Å². The summed E-state index contributed by atoms with van der Waals surface area (Å²) in [5, 5.41) is 10.8. The van der Waals surface area contributed by atoms with Crippen LogP contribution in [0, 0.1) is 5.92 Å². The fraction of sp³-hybridized carbons (Fsp3) is 0.524. The van der Waals surface area contributed by atoms with E-state index in [-0.39, 0.29) is 6.10 Å². The Balaban J connectivity index is 1.50. The number of rotatable bonds is 4. The Hall–Kier alpha value is -1.78. The first-order valence-corrected chi connectivity index (χ1v) is 9.47. The Morgan fingerprint density at radius 3 is 2.84 bits per heavy atom. The number of hydrogen-bond donors (Lipinski definition) is 1. The molecule has 1 aliphatic carbocycles. The smallest absolute Gasteiger partial charge is 0.123 e. The van der Waals surface area contributed by atoms with E-state index in [0.29, 0.717) is 12.5 Å². The average molecular weight is 341 g/mol. The normalized spacial score (nSPS) is 20.5. The van der Waals surface area contributed by atoms with Crippen LogP contribution in [0.15, 0.2) is 41.2 Å². The topological polar surface area (TPSA) is 45.8 Å². The van der Waals surface area contributed by atoms with Gasteiger partial charge in [0.25, 0.3) is 0 Å². The van der Waals surface area contributed by atoms with Crippen molar-refractivity contribution in [3.05, 3.63) is 53.5 Å². The van der Waals surface area contributed by atoms with E-state index in [1.54, 1.807) is 12.5 Å². The third-order valence-electron chi connectivity index (χ3n) is 5.57. The van der Waals surface area contributed by atoms with Gasteiger partial charge in [0.05, 0.1) is 18.6 Å². The molecule has 134 valence electrons. The third-order valence-corrected chi connectivity index (χ3v) is 5.57. The predicted molar refractivity (Wildman–Crippen MR) is 96.3 cm³/mol. The maximum absolute atomic E-state index is 10.8. The highest BCUT2D eigenvalue weighted by molar-refractivity contribution is 5.39. The molecule has 1 aromatic carbocycles. The fourth-order valence-corrected chi connectivity index (χ4v) is 4.15. The fourth-order valence-electron chi connectivity index (χ4n) is 4.15. The van der Waals surface area contributed by atoms with Crippen LogP contribution >= 0.6 is 0 Å². The Kier molecular flexibility index (Phi) is 5.09. The first-order valence-electron chi connectivity index (χ1n) is 9.47. The molecule has 2 heterocycles. The lowest BCUT2D eigenvalue weighted by atomic mass is 9.82. The molecule has 1 unspecified atom stereocenters. The second-order valence-electron chi connectivity index (χ2n) is 7.40. The molecule has 25 heavy (non-hydrogen) atoms. The maximum Gasteiger partial charge on any atom is 0.123 e. The number of benzene rings is 1. The Labute approximate surface area is 149 Å². The van der Waals surface area contributed by atoms with E-state index < -0.39 is 0 Å². The van der Waals surface area contributed by atoms with Crippen molar-refractivity contribution in [1.82, 2.24) is 4.90 Å². The predicted octanol–water partition coefficient (Wildman–Crippen LogP) is 4.29. The average Bonchev–Trinajstić information content (AvgIpc) is 3.07. The molecule has 0 amide bonds. The molecule has 1 fully saturated rings. The second kappa shape index (κ2) is 7.63. The molecule has 0 radical (unpaired) electrons. The van der Waals surface area contributed by atoms with Gasteiger partial charge in [-0.1, -0.05) is 25.3 Å². The van der Waals surface area contributed by atoms with E-state index in [9.17, 15) is 5.11 Å². The van der Waals surface area contributed by atoms with Gasteiger partial charge in [-0.3, -0.25) is 4.90 Å². The van der Waals surface area contributed by atoms with Gasteiger partial charge in [-0.05, 0) is 42.5 Å². The summed E-state index contributed by atoms with van der Waals surface area (Å²) in [6.45, 7) is 3.27. The van der Waals surface area contributed by atoms with Gasteiger partial charge >= 0.3 is 0 Å². The molecule has 1 saturated carbocycles. The summed E-state index contributed by atoms with van der Waals surface area (Å²) in [7, 11) is 0. The van der Waals surface area contributed by atoms with Gasteiger partial charge in [0, 0.05) is 30.8 Å². The minimum atomic E-state index is -0.351.